The average molecular weight is 445 g/mol. The number of fused-ring (bicyclic) bond motifs is 1. The summed E-state index contributed by atoms with van der Waals surface area (Å²) >= 11 is 3.02. The van der Waals surface area contributed by atoms with Gasteiger partial charge in [-0.1, -0.05) is 19.8 Å². The zero-order chi connectivity index (χ0) is 21.3. The molecule has 30 heavy (non-hydrogen) atoms. The van der Waals surface area contributed by atoms with Crippen LogP contribution in [-0.2, 0) is 11.3 Å². The minimum atomic E-state index is -0.539. The molecule has 2 atom stereocenters. The van der Waals surface area contributed by atoms with E-state index in [0.29, 0.717) is 16.1 Å². The van der Waals surface area contributed by atoms with Crippen molar-refractivity contribution in [3.63, 3.8) is 0 Å². The minimum Gasteiger partial charge on any atom is -0.335 e. The van der Waals surface area contributed by atoms with Gasteiger partial charge in [0.1, 0.15) is 11.4 Å². The summed E-state index contributed by atoms with van der Waals surface area (Å²) in [6.07, 6.45) is 5.62. The maximum absolute atomic E-state index is 13.0. The summed E-state index contributed by atoms with van der Waals surface area (Å²) < 4.78 is 1.25. The van der Waals surface area contributed by atoms with Crippen molar-refractivity contribution in [3.8, 4) is 10.4 Å². The van der Waals surface area contributed by atoms with E-state index in [0.717, 1.165) is 34.6 Å². The third-order valence-electron chi connectivity index (χ3n) is 5.56. The number of aryl methyl sites for hydroxylation is 1. The number of hydrogen-bond donors (Lipinski definition) is 2. The topological polar surface area (TPSA) is 93.1 Å². The maximum atomic E-state index is 13.0. The van der Waals surface area contributed by atoms with Crippen LogP contribution in [0, 0.1) is 12.8 Å². The number of carbonyl (C=O) groups is 2. The molecule has 3 amide bonds. The van der Waals surface area contributed by atoms with Crippen molar-refractivity contribution < 1.29 is 9.59 Å². The molecule has 4 rings (SSSR count). The van der Waals surface area contributed by atoms with Crippen LogP contribution < -0.4 is 16.2 Å². The molecule has 0 spiro atoms. The molecule has 0 saturated heterocycles. The fourth-order valence-electron chi connectivity index (χ4n) is 3.90. The Kier molecular flexibility index (Phi) is 6.01. The second-order valence-corrected chi connectivity index (χ2v) is 9.95. The molecule has 2 N–H and O–H groups in total. The van der Waals surface area contributed by atoms with Crippen molar-refractivity contribution >= 4 is 44.8 Å². The van der Waals surface area contributed by atoms with Gasteiger partial charge in [-0.05, 0) is 37.8 Å². The Labute approximate surface area is 182 Å². The largest absolute Gasteiger partial charge is 0.335 e. The first-order valence-electron chi connectivity index (χ1n) is 10.1. The number of carbonyl (C=O) groups excluding carboxylic acids is 2. The number of rotatable bonds is 4. The van der Waals surface area contributed by atoms with Crippen LogP contribution in [0.5, 0.6) is 0 Å². The number of nitrogens with one attached hydrogen (secondary N) is 2. The van der Waals surface area contributed by atoms with E-state index in [4.69, 9.17) is 0 Å². The van der Waals surface area contributed by atoms with E-state index in [1.54, 1.807) is 11.3 Å². The number of thiophene rings is 2. The molecular weight excluding hydrogens is 420 g/mol. The summed E-state index contributed by atoms with van der Waals surface area (Å²) in [7, 11) is 0. The lowest BCUT2D eigenvalue weighted by Crippen LogP contribution is -2.48. The predicted octanol–water partition coefficient (Wildman–Crippen LogP) is 3.90. The highest BCUT2D eigenvalue weighted by Gasteiger charge is 2.23. The molecular formula is C21H24N4O3S2. The first-order chi connectivity index (χ1) is 14.4. The van der Waals surface area contributed by atoms with Crippen LogP contribution >= 0.6 is 22.7 Å². The van der Waals surface area contributed by atoms with Gasteiger partial charge in [0.25, 0.3) is 5.56 Å². The molecule has 3 aromatic heterocycles. The standard InChI is InChI=1S/C21H24N4O3S2/c1-12-5-3-4-6-15(12)23-21(28)24-17(26)9-25-11-22-19-18(20(25)27)14(10-29-19)16-8-7-13(2)30-16/h7-8,10-12,15H,3-6,9H2,1-2H3,(H2,23,24,26,28)/t12-,15+/m1/s1. The second-order valence-electron chi connectivity index (χ2n) is 7.81. The molecule has 3 aromatic rings. The number of nitrogens with zero attached hydrogens (tertiary/aromatic N) is 2. The van der Waals surface area contributed by atoms with E-state index < -0.39 is 11.9 Å². The summed E-state index contributed by atoms with van der Waals surface area (Å²) in [6.45, 7) is 3.87. The number of urea groups is 1. The van der Waals surface area contributed by atoms with Gasteiger partial charge in [-0.2, -0.15) is 0 Å². The van der Waals surface area contributed by atoms with Gasteiger partial charge in [-0.25, -0.2) is 9.78 Å². The number of aromatic nitrogens is 2. The first-order valence-corrected chi connectivity index (χ1v) is 11.8. The van der Waals surface area contributed by atoms with Crippen LogP contribution in [0.15, 0.2) is 28.6 Å². The third kappa shape index (κ3) is 4.32. The average Bonchev–Trinajstić information content (AvgIpc) is 3.32. The van der Waals surface area contributed by atoms with Crippen LogP contribution in [0.3, 0.4) is 0 Å². The van der Waals surface area contributed by atoms with Gasteiger partial charge in [0.15, 0.2) is 0 Å². The number of imide groups is 1. The van der Waals surface area contributed by atoms with Crippen LogP contribution in [0.1, 0.15) is 37.5 Å². The Morgan fingerprint density at radius 3 is 2.80 bits per heavy atom. The molecule has 9 heteroatoms. The normalized spacial score (nSPS) is 19.0. The van der Waals surface area contributed by atoms with Gasteiger partial charge in [0, 0.05) is 26.7 Å². The fraction of sp³-hybridized carbons (Fsp3) is 0.429. The van der Waals surface area contributed by atoms with Crippen LogP contribution in [0.25, 0.3) is 20.7 Å². The molecule has 0 aromatic carbocycles. The maximum Gasteiger partial charge on any atom is 0.321 e. The SMILES string of the molecule is Cc1ccc(-c2csc3ncn(CC(=O)NC(=O)N[C@H]4CCCC[C@H]4C)c(=O)c23)s1. The van der Waals surface area contributed by atoms with Crippen LogP contribution in [-0.4, -0.2) is 27.5 Å². The zero-order valence-electron chi connectivity index (χ0n) is 16.9. The Hall–Kier alpha value is -2.52. The molecule has 1 saturated carbocycles. The van der Waals surface area contributed by atoms with Gasteiger partial charge in [0.05, 0.1) is 11.7 Å². The van der Waals surface area contributed by atoms with Crippen LogP contribution in [0.4, 0.5) is 4.79 Å². The van der Waals surface area contributed by atoms with E-state index in [1.165, 1.54) is 28.7 Å². The molecule has 1 fully saturated rings. The van der Waals surface area contributed by atoms with Crippen molar-refractivity contribution in [3.05, 3.63) is 39.1 Å². The molecule has 7 nitrogen and oxygen atoms in total. The predicted molar refractivity (Wildman–Crippen MR) is 120 cm³/mol. The van der Waals surface area contributed by atoms with Crippen molar-refractivity contribution in [2.24, 2.45) is 5.92 Å². The fourth-order valence-corrected chi connectivity index (χ4v) is 5.76. The highest BCUT2D eigenvalue weighted by molar-refractivity contribution is 7.19. The van der Waals surface area contributed by atoms with E-state index >= 15 is 0 Å². The molecule has 0 radical (unpaired) electrons. The molecule has 0 aliphatic heterocycles. The molecule has 1 aliphatic rings. The van der Waals surface area contributed by atoms with Crippen molar-refractivity contribution in [2.75, 3.05) is 0 Å². The number of hydrogen-bond acceptors (Lipinski definition) is 6. The van der Waals surface area contributed by atoms with Gasteiger partial charge in [-0.15, -0.1) is 22.7 Å². The Morgan fingerprint density at radius 1 is 1.27 bits per heavy atom. The molecule has 3 heterocycles. The van der Waals surface area contributed by atoms with E-state index in [2.05, 4.69) is 22.5 Å². The van der Waals surface area contributed by atoms with Crippen molar-refractivity contribution in [1.29, 1.82) is 0 Å². The van der Waals surface area contributed by atoms with Gasteiger partial charge < -0.3 is 5.32 Å². The highest BCUT2D eigenvalue weighted by Crippen LogP contribution is 2.34. The van der Waals surface area contributed by atoms with E-state index in [-0.39, 0.29) is 18.1 Å². The van der Waals surface area contributed by atoms with Gasteiger partial charge in [0.2, 0.25) is 5.91 Å². The minimum absolute atomic E-state index is 0.0786. The lowest BCUT2D eigenvalue weighted by atomic mass is 9.86. The summed E-state index contributed by atoms with van der Waals surface area (Å²) in [5.41, 5.74) is 0.558. The van der Waals surface area contributed by atoms with Crippen molar-refractivity contribution in [1.82, 2.24) is 20.2 Å². The molecule has 158 valence electrons. The lowest BCUT2D eigenvalue weighted by Gasteiger charge is -2.29. The second kappa shape index (κ2) is 8.69. The summed E-state index contributed by atoms with van der Waals surface area (Å²) in [5.74, 6) is -0.144. The lowest BCUT2D eigenvalue weighted by molar-refractivity contribution is -0.120. The first kappa shape index (κ1) is 20.7. The third-order valence-corrected chi connectivity index (χ3v) is 7.48. The van der Waals surface area contributed by atoms with E-state index in [1.807, 2.05) is 24.4 Å². The zero-order valence-corrected chi connectivity index (χ0v) is 18.6. The number of amides is 3. The molecule has 0 bridgehead atoms. The quantitative estimate of drug-likeness (QED) is 0.638. The highest BCUT2D eigenvalue weighted by atomic mass is 32.1. The molecule has 1 aliphatic carbocycles. The van der Waals surface area contributed by atoms with Crippen molar-refractivity contribution in [2.45, 2.75) is 52.1 Å². The summed E-state index contributed by atoms with van der Waals surface area (Å²) in [4.78, 5) is 44.7. The smallest absolute Gasteiger partial charge is 0.321 e. The van der Waals surface area contributed by atoms with Gasteiger partial charge in [-0.3, -0.25) is 19.5 Å². The monoisotopic (exact) mass is 444 g/mol. The Bertz CT molecular complexity index is 1150. The van der Waals surface area contributed by atoms with E-state index in [9.17, 15) is 14.4 Å². The molecule has 0 unspecified atom stereocenters. The summed E-state index contributed by atoms with van der Waals surface area (Å²) in [6, 6.07) is 3.57. The Morgan fingerprint density at radius 2 is 2.07 bits per heavy atom. The van der Waals surface area contributed by atoms with Crippen LogP contribution in [0.2, 0.25) is 0 Å². The summed E-state index contributed by atoms with van der Waals surface area (Å²) in [5, 5.41) is 7.67. The van der Waals surface area contributed by atoms with Gasteiger partial charge >= 0.3 is 6.03 Å². The Balaban J connectivity index is 1.48.